The summed E-state index contributed by atoms with van der Waals surface area (Å²) in [6, 6.07) is 0. The number of fused-ring (bicyclic) bond motifs is 1. The van der Waals surface area contributed by atoms with Gasteiger partial charge in [0.05, 0.1) is 20.6 Å². The summed E-state index contributed by atoms with van der Waals surface area (Å²) in [5, 5.41) is 18.4. The number of rotatable bonds is 1. The fourth-order valence-corrected chi connectivity index (χ4v) is 2.26. The minimum absolute atomic E-state index is 0.104. The smallest absolute Gasteiger partial charge is 0.0704 e. The molecule has 10 heavy (non-hydrogen) atoms. The molecule has 0 aromatic carbocycles. The Labute approximate surface area is 61.7 Å². The van der Waals surface area contributed by atoms with E-state index in [4.69, 9.17) is 13.0 Å². The van der Waals surface area contributed by atoms with Gasteiger partial charge >= 0.3 is 0 Å². The molecular formula is C7H11BO2. The second-order valence-electron chi connectivity index (χ2n) is 3.62. The Bertz CT molecular complexity index is 158. The van der Waals surface area contributed by atoms with Gasteiger partial charge < -0.3 is 10.2 Å². The molecule has 2 rings (SSSR count). The van der Waals surface area contributed by atoms with Gasteiger partial charge in [0.2, 0.25) is 0 Å². The molecule has 2 aliphatic rings. The van der Waals surface area contributed by atoms with Crippen LogP contribution in [0.5, 0.6) is 0 Å². The monoisotopic (exact) mass is 138 g/mol. The normalized spacial score (nSPS) is 58.4. The van der Waals surface area contributed by atoms with Crippen molar-refractivity contribution in [3.05, 3.63) is 0 Å². The van der Waals surface area contributed by atoms with Crippen LogP contribution in [0.4, 0.5) is 0 Å². The van der Waals surface area contributed by atoms with Crippen LogP contribution >= 0.6 is 0 Å². The van der Waals surface area contributed by atoms with Crippen molar-refractivity contribution in [2.24, 2.45) is 11.3 Å². The number of aliphatic hydroxyl groups is 2. The van der Waals surface area contributed by atoms with E-state index in [0.29, 0.717) is 12.3 Å². The van der Waals surface area contributed by atoms with Gasteiger partial charge in [0, 0.05) is 5.41 Å². The lowest BCUT2D eigenvalue weighted by atomic mass is 9.83. The largest absolute Gasteiger partial charge is 0.396 e. The molecule has 0 aromatic heterocycles. The molecule has 2 aliphatic carbocycles. The van der Waals surface area contributed by atoms with Crippen molar-refractivity contribution in [1.82, 2.24) is 0 Å². The Balaban J connectivity index is 2.16. The molecule has 2 N–H and O–H groups in total. The van der Waals surface area contributed by atoms with Crippen molar-refractivity contribution in [1.29, 1.82) is 0 Å². The van der Waals surface area contributed by atoms with Crippen LogP contribution in [0.3, 0.4) is 0 Å². The molecule has 0 saturated heterocycles. The van der Waals surface area contributed by atoms with E-state index in [1.54, 1.807) is 0 Å². The molecule has 2 fully saturated rings. The van der Waals surface area contributed by atoms with Crippen LogP contribution in [-0.2, 0) is 0 Å². The highest BCUT2D eigenvalue weighted by Crippen LogP contribution is 2.67. The molecule has 0 heterocycles. The molecule has 0 aliphatic heterocycles. The van der Waals surface area contributed by atoms with Gasteiger partial charge in [-0.25, -0.2) is 0 Å². The molecule has 0 amide bonds. The highest BCUT2D eigenvalue weighted by molar-refractivity contribution is 6.12. The average Bonchev–Trinajstić information content (AvgIpc) is 2.57. The second kappa shape index (κ2) is 1.77. The van der Waals surface area contributed by atoms with Crippen LogP contribution in [0.15, 0.2) is 0 Å². The summed E-state index contributed by atoms with van der Waals surface area (Å²) in [5.41, 5.74) is -0.181. The SMILES string of the molecule is [B][C@H]1C[C@H](O)[C@@]2(CO)C[C@H]12. The van der Waals surface area contributed by atoms with Gasteiger partial charge in [-0.1, -0.05) is 5.82 Å². The zero-order chi connectivity index (χ0) is 7.35. The summed E-state index contributed by atoms with van der Waals surface area (Å²) in [4.78, 5) is 0. The summed E-state index contributed by atoms with van der Waals surface area (Å²) >= 11 is 0. The van der Waals surface area contributed by atoms with E-state index >= 15 is 0 Å². The van der Waals surface area contributed by atoms with E-state index in [9.17, 15) is 5.11 Å². The zero-order valence-corrected chi connectivity index (χ0v) is 5.83. The van der Waals surface area contributed by atoms with E-state index in [-0.39, 0.29) is 23.9 Å². The molecule has 3 heteroatoms. The number of aliphatic hydroxyl groups excluding tert-OH is 2. The minimum Gasteiger partial charge on any atom is -0.396 e. The van der Waals surface area contributed by atoms with Gasteiger partial charge in [0.1, 0.15) is 0 Å². The third-order valence-corrected chi connectivity index (χ3v) is 3.15. The fourth-order valence-electron chi connectivity index (χ4n) is 2.26. The Hall–Kier alpha value is -0.0151. The quantitative estimate of drug-likeness (QED) is 0.488. The van der Waals surface area contributed by atoms with Crippen molar-refractivity contribution >= 4 is 7.85 Å². The van der Waals surface area contributed by atoms with Gasteiger partial charge in [-0.05, 0) is 18.8 Å². The minimum atomic E-state index is -0.350. The van der Waals surface area contributed by atoms with E-state index < -0.39 is 0 Å². The zero-order valence-electron chi connectivity index (χ0n) is 5.83. The first kappa shape index (κ1) is 6.68. The van der Waals surface area contributed by atoms with Crippen molar-refractivity contribution in [3.8, 4) is 0 Å². The first-order valence-electron chi connectivity index (χ1n) is 3.75. The first-order valence-corrected chi connectivity index (χ1v) is 3.75. The van der Waals surface area contributed by atoms with E-state index in [2.05, 4.69) is 0 Å². The maximum atomic E-state index is 9.42. The maximum absolute atomic E-state index is 9.42. The third kappa shape index (κ3) is 0.577. The summed E-state index contributed by atoms with van der Waals surface area (Å²) < 4.78 is 0. The highest BCUT2D eigenvalue weighted by atomic mass is 16.3. The third-order valence-electron chi connectivity index (χ3n) is 3.15. The van der Waals surface area contributed by atoms with E-state index in [1.165, 1.54) is 0 Å². The van der Waals surface area contributed by atoms with Gasteiger partial charge in [-0.3, -0.25) is 0 Å². The van der Waals surface area contributed by atoms with Crippen LogP contribution in [0.2, 0.25) is 5.82 Å². The van der Waals surface area contributed by atoms with Crippen molar-refractivity contribution in [3.63, 3.8) is 0 Å². The Kier molecular flexibility index (Phi) is 1.18. The standard InChI is InChI=1S/C7H11BO2/c8-5-1-6(10)7(3-9)2-4(5)7/h4-6,9-10H,1-3H2/t4-,5+,6+,7-/m1/s1. The van der Waals surface area contributed by atoms with E-state index in [0.717, 1.165) is 6.42 Å². The molecule has 2 radical (unpaired) electrons. The van der Waals surface area contributed by atoms with Crippen LogP contribution in [0.25, 0.3) is 0 Å². The van der Waals surface area contributed by atoms with Crippen molar-refractivity contribution < 1.29 is 10.2 Å². The maximum Gasteiger partial charge on any atom is 0.0704 e. The first-order chi connectivity index (χ1) is 4.70. The number of hydrogen-bond donors (Lipinski definition) is 2. The Morgan fingerprint density at radius 1 is 1.60 bits per heavy atom. The Morgan fingerprint density at radius 3 is 2.50 bits per heavy atom. The lowest BCUT2D eigenvalue weighted by Gasteiger charge is -2.14. The van der Waals surface area contributed by atoms with Gasteiger partial charge in [0.15, 0.2) is 0 Å². The lowest BCUT2D eigenvalue weighted by Crippen LogP contribution is -2.22. The predicted molar refractivity (Wildman–Crippen MR) is 37.8 cm³/mol. The topological polar surface area (TPSA) is 40.5 Å². The summed E-state index contributed by atoms with van der Waals surface area (Å²) in [6.45, 7) is 0.104. The summed E-state index contributed by atoms with van der Waals surface area (Å²) in [6.07, 6.45) is 1.24. The fraction of sp³-hybridized carbons (Fsp3) is 1.00. The van der Waals surface area contributed by atoms with Crippen LogP contribution in [0.1, 0.15) is 12.8 Å². The molecule has 0 bridgehead atoms. The molecule has 2 saturated carbocycles. The average molecular weight is 138 g/mol. The summed E-state index contributed by atoms with van der Waals surface area (Å²) in [7, 11) is 5.70. The molecular weight excluding hydrogens is 127 g/mol. The predicted octanol–water partition coefficient (Wildman–Crippen LogP) is -0.293. The van der Waals surface area contributed by atoms with E-state index in [1.807, 2.05) is 0 Å². The van der Waals surface area contributed by atoms with Crippen molar-refractivity contribution in [2.45, 2.75) is 24.8 Å². The molecule has 4 atom stereocenters. The van der Waals surface area contributed by atoms with Gasteiger partial charge in [0.25, 0.3) is 0 Å². The van der Waals surface area contributed by atoms with Crippen molar-refractivity contribution in [2.75, 3.05) is 6.61 Å². The van der Waals surface area contributed by atoms with Crippen LogP contribution < -0.4 is 0 Å². The highest BCUT2D eigenvalue weighted by Gasteiger charge is 2.64. The second-order valence-corrected chi connectivity index (χ2v) is 3.62. The molecule has 0 unspecified atom stereocenters. The van der Waals surface area contributed by atoms with Gasteiger partial charge in [-0.2, -0.15) is 0 Å². The Morgan fingerprint density at radius 2 is 2.30 bits per heavy atom. The van der Waals surface area contributed by atoms with Crippen LogP contribution in [0, 0.1) is 11.3 Å². The molecule has 54 valence electrons. The molecule has 0 spiro atoms. The molecule has 2 nitrogen and oxygen atoms in total. The lowest BCUT2D eigenvalue weighted by molar-refractivity contribution is 0.0612. The molecule has 0 aromatic rings. The van der Waals surface area contributed by atoms with Gasteiger partial charge in [-0.15, -0.1) is 0 Å². The summed E-state index contributed by atoms with van der Waals surface area (Å²) in [5.74, 6) is 0.523. The van der Waals surface area contributed by atoms with Crippen LogP contribution in [-0.4, -0.2) is 30.8 Å². The number of hydrogen-bond acceptors (Lipinski definition) is 2.